The molecule has 0 radical (unpaired) electrons. The number of nitrogens with zero attached hydrogens (tertiary/aromatic N) is 1. The molecule has 0 aromatic heterocycles. The van der Waals surface area contributed by atoms with E-state index in [9.17, 15) is 18.4 Å². The summed E-state index contributed by atoms with van der Waals surface area (Å²) in [6.07, 6.45) is 0.0588. The van der Waals surface area contributed by atoms with Gasteiger partial charge in [0.25, 0.3) is 0 Å². The molecule has 1 N–H and O–H groups in total. The van der Waals surface area contributed by atoms with Crippen molar-refractivity contribution >= 4 is 17.5 Å². The minimum atomic E-state index is -2.89. The number of rotatable bonds is 7. The van der Waals surface area contributed by atoms with Gasteiger partial charge in [0.15, 0.2) is 0 Å². The van der Waals surface area contributed by atoms with Crippen molar-refractivity contribution < 1.29 is 23.1 Å². The fraction of sp³-hybridized carbons (Fsp3) is 0.263. The van der Waals surface area contributed by atoms with Crippen LogP contribution in [-0.2, 0) is 16.0 Å². The van der Waals surface area contributed by atoms with Gasteiger partial charge in [0.2, 0.25) is 11.8 Å². The number of ether oxygens (including phenoxy) is 1. The Labute approximate surface area is 150 Å². The van der Waals surface area contributed by atoms with Crippen LogP contribution in [0.2, 0.25) is 0 Å². The largest absolute Gasteiger partial charge is 0.435 e. The first-order chi connectivity index (χ1) is 12.3. The van der Waals surface area contributed by atoms with Crippen molar-refractivity contribution in [1.29, 1.82) is 0 Å². The van der Waals surface area contributed by atoms with Gasteiger partial charge in [0.05, 0.1) is 13.0 Å². The van der Waals surface area contributed by atoms with Gasteiger partial charge in [-0.2, -0.15) is 8.78 Å². The summed E-state index contributed by atoms with van der Waals surface area (Å²) >= 11 is 0. The monoisotopic (exact) mass is 362 g/mol. The molecule has 0 heterocycles. The average molecular weight is 362 g/mol. The number of likely N-dealkylation sites (N-methyl/N-ethyl adjacent to an activating group) is 1. The van der Waals surface area contributed by atoms with Gasteiger partial charge in [-0.15, -0.1) is 0 Å². The highest BCUT2D eigenvalue weighted by Gasteiger charge is 2.14. The lowest BCUT2D eigenvalue weighted by molar-refractivity contribution is -0.132. The van der Waals surface area contributed by atoms with Gasteiger partial charge in [-0.3, -0.25) is 9.59 Å². The normalized spacial score (nSPS) is 10.5. The molecule has 0 unspecified atom stereocenters. The van der Waals surface area contributed by atoms with Crippen LogP contribution >= 0.6 is 0 Å². The molecule has 0 aliphatic heterocycles. The smallest absolute Gasteiger partial charge is 0.387 e. The van der Waals surface area contributed by atoms with Crippen LogP contribution in [0.25, 0.3) is 0 Å². The van der Waals surface area contributed by atoms with Crippen LogP contribution in [0.3, 0.4) is 0 Å². The molecular formula is C19H20F2N2O3. The molecule has 2 rings (SSSR count). The van der Waals surface area contributed by atoms with Crippen molar-refractivity contribution in [3.8, 4) is 5.75 Å². The van der Waals surface area contributed by atoms with Gasteiger partial charge >= 0.3 is 6.61 Å². The highest BCUT2D eigenvalue weighted by molar-refractivity contribution is 5.94. The van der Waals surface area contributed by atoms with E-state index in [1.165, 1.54) is 36.2 Å². The molecule has 0 aliphatic carbocycles. The molecule has 26 heavy (non-hydrogen) atoms. The fourth-order valence-corrected chi connectivity index (χ4v) is 2.24. The van der Waals surface area contributed by atoms with Crippen LogP contribution in [0.1, 0.15) is 11.1 Å². The summed E-state index contributed by atoms with van der Waals surface area (Å²) in [7, 11) is 1.53. The number of nitrogens with one attached hydrogen (secondary N) is 1. The number of hydrogen-bond acceptors (Lipinski definition) is 3. The summed E-state index contributed by atoms with van der Waals surface area (Å²) in [4.78, 5) is 25.5. The summed E-state index contributed by atoms with van der Waals surface area (Å²) in [6, 6.07) is 13.2. The third kappa shape index (κ3) is 6.16. The topological polar surface area (TPSA) is 58.6 Å². The summed E-state index contributed by atoms with van der Waals surface area (Å²) in [6.45, 7) is -1.02. The van der Waals surface area contributed by atoms with Crippen molar-refractivity contribution in [3.05, 3.63) is 59.7 Å². The zero-order chi connectivity index (χ0) is 19.1. The third-order valence-corrected chi connectivity index (χ3v) is 3.65. The Kier molecular flexibility index (Phi) is 6.66. The minimum absolute atomic E-state index is 0.0297. The molecule has 0 saturated carbocycles. The second-order valence-corrected chi connectivity index (χ2v) is 5.86. The molecule has 7 heteroatoms. The molecule has 0 saturated heterocycles. The Morgan fingerprint density at radius 1 is 1.08 bits per heavy atom. The molecule has 2 amide bonds. The molecule has 0 bridgehead atoms. The Balaban J connectivity index is 1.84. The number of aryl methyl sites for hydroxylation is 1. The molecule has 0 fully saturated rings. The van der Waals surface area contributed by atoms with Crippen LogP contribution in [-0.4, -0.2) is 36.9 Å². The molecule has 0 spiro atoms. The van der Waals surface area contributed by atoms with Crippen LogP contribution in [0.4, 0.5) is 14.5 Å². The number of hydrogen-bond donors (Lipinski definition) is 1. The van der Waals surface area contributed by atoms with Gasteiger partial charge in [0.1, 0.15) is 5.75 Å². The van der Waals surface area contributed by atoms with E-state index < -0.39 is 6.61 Å². The summed E-state index contributed by atoms with van der Waals surface area (Å²) in [5.41, 5.74) is 2.39. The molecule has 2 aromatic carbocycles. The highest BCUT2D eigenvalue weighted by atomic mass is 19.3. The fourth-order valence-electron chi connectivity index (χ4n) is 2.24. The average Bonchev–Trinajstić information content (AvgIpc) is 2.58. The van der Waals surface area contributed by atoms with E-state index in [0.717, 1.165) is 5.56 Å². The van der Waals surface area contributed by atoms with Gasteiger partial charge in [0, 0.05) is 12.7 Å². The highest BCUT2D eigenvalue weighted by Crippen LogP contribution is 2.15. The zero-order valence-corrected chi connectivity index (χ0v) is 14.5. The molecule has 138 valence electrons. The predicted molar refractivity (Wildman–Crippen MR) is 94.2 cm³/mol. The molecule has 2 aromatic rings. The third-order valence-electron chi connectivity index (χ3n) is 3.65. The second-order valence-electron chi connectivity index (χ2n) is 5.86. The van der Waals surface area contributed by atoms with Gasteiger partial charge in [-0.25, -0.2) is 0 Å². The zero-order valence-electron chi connectivity index (χ0n) is 14.5. The maximum atomic E-state index is 12.2. The predicted octanol–water partition coefficient (Wildman–Crippen LogP) is 3.24. The second kappa shape index (κ2) is 8.94. The number of halogens is 2. The number of carbonyl (C=O) groups is 2. The first-order valence-electron chi connectivity index (χ1n) is 7.97. The quantitative estimate of drug-likeness (QED) is 0.823. The van der Waals surface area contributed by atoms with E-state index in [-0.39, 0.29) is 30.5 Å². The molecular weight excluding hydrogens is 342 g/mol. The van der Waals surface area contributed by atoms with E-state index in [1.54, 1.807) is 12.1 Å². The van der Waals surface area contributed by atoms with Crippen LogP contribution in [0, 0.1) is 6.92 Å². The van der Waals surface area contributed by atoms with E-state index in [2.05, 4.69) is 10.1 Å². The van der Waals surface area contributed by atoms with Crippen molar-refractivity contribution in [1.82, 2.24) is 4.90 Å². The van der Waals surface area contributed by atoms with E-state index >= 15 is 0 Å². The minimum Gasteiger partial charge on any atom is -0.435 e. The van der Waals surface area contributed by atoms with Crippen LogP contribution < -0.4 is 10.1 Å². The van der Waals surface area contributed by atoms with E-state index in [1.807, 2.05) is 19.1 Å². The first-order valence-corrected chi connectivity index (χ1v) is 7.97. The number of alkyl halides is 2. The van der Waals surface area contributed by atoms with Crippen LogP contribution in [0.5, 0.6) is 5.75 Å². The van der Waals surface area contributed by atoms with E-state index in [0.29, 0.717) is 11.3 Å². The van der Waals surface area contributed by atoms with Crippen molar-refractivity contribution in [2.24, 2.45) is 0 Å². The first kappa shape index (κ1) is 19.4. The standard InChI is InChI=1S/C19H20F2N2O3/c1-13-3-7-15(8-4-13)22-17(24)12-23(2)18(25)11-14-5-9-16(10-6-14)26-19(20)21/h3-10,19H,11-12H2,1-2H3,(H,22,24). The van der Waals surface area contributed by atoms with Crippen molar-refractivity contribution in [2.75, 3.05) is 18.9 Å². The van der Waals surface area contributed by atoms with Gasteiger partial charge in [-0.1, -0.05) is 29.8 Å². The number of carbonyl (C=O) groups excluding carboxylic acids is 2. The number of amides is 2. The van der Waals surface area contributed by atoms with Gasteiger partial charge < -0.3 is 15.0 Å². The maximum absolute atomic E-state index is 12.2. The Morgan fingerprint density at radius 3 is 2.27 bits per heavy atom. The lowest BCUT2D eigenvalue weighted by Crippen LogP contribution is -2.35. The lowest BCUT2D eigenvalue weighted by atomic mass is 10.1. The molecule has 0 atom stereocenters. The molecule has 5 nitrogen and oxygen atoms in total. The van der Waals surface area contributed by atoms with Crippen LogP contribution in [0.15, 0.2) is 48.5 Å². The maximum Gasteiger partial charge on any atom is 0.387 e. The van der Waals surface area contributed by atoms with Crippen molar-refractivity contribution in [3.63, 3.8) is 0 Å². The molecule has 0 aliphatic rings. The summed E-state index contributed by atoms with van der Waals surface area (Å²) in [5, 5.41) is 2.72. The number of anilines is 1. The Hall–Kier alpha value is -2.96. The Morgan fingerprint density at radius 2 is 1.69 bits per heavy atom. The SMILES string of the molecule is Cc1ccc(NC(=O)CN(C)C(=O)Cc2ccc(OC(F)F)cc2)cc1. The number of benzene rings is 2. The van der Waals surface area contributed by atoms with Crippen molar-refractivity contribution in [2.45, 2.75) is 20.0 Å². The van der Waals surface area contributed by atoms with E-state index in [4.69, 9.17) is 0 Å². The summed E-state index contributed by atoms with van der Waals surface area (Å²) in [5.74, 6) is -0.529. The lowest BCUT2D eigenvalue weighted by Gasteiger charge is -2.17. The van der Waals surface area contributed by atoms with Gasteiger partial charge in [-0.05, 0) is 36.8 Å². The Bertz CT molecular complexity index is 746. The summed E-state index contributed by atoms with van der Waals surface area (Å²) < 4.78 is 28.5.